The minimum Gasteiger partial charge on any atom is -0.489 e. The topological polar surface area (TPSA) is 124 Å². The van der Waals surface area contributed by atoms with Crippen molar-refractivity contribution in [2.45, 2.75) is 17.9 Å². The van der Waals surface area contributed by atoms with Gasteiger partial charge in [-0.2, -0.15) is 0 Å². The summed E-state index contributed by atoms with van der Waals surface area (Å²) in [5.74, 6) is -2.59. The second-order valence-corrected chi connectivity index (χ2v) is 8.67. The molecule has 5 N–H and O–H groups in total. The number of aromatic nitrogens is 2. The molecule has 1 aromatic carbocycles. The number of hydrogen-bond donors (Lipinski definition) is 3. The van der Waals surface area contributed by atoms with Crippen molar-refractivity contribution in [3.63, 3.8) is 0 Å². The van der Waals surface area contributed by atoms with Crippen molar-refractivity contribution in [3.05, 3.63) is 75.2 Å². The van der Waals surface area contributed by atoms with Crippen LogP contribution in [-0.2, 0) is 15.8 Å². The van der Waals surface area contributed by atoms with Crippen molar-refractivity contribution in [2.24, 2.45) is 11.5 Å². The molecular formula is C22H18Cl2F2N4O3. The summed E-state index contributed by atoms with van der Waals surface area (Å²) in [4.78, 5) is 20.8. The predicted octanol–water partition coefficient (Wildman–Crippen LogP) is 3.06. The van der Waals surface area contributed by atoms with Crippen LogP contribution in [0.5, 0.6) is 5.75 Å². The Hall–Kier alpha value is -2.85. The number of nitrogens with two attached hydrogens (primary N) is 2. The van der Waals surface area contributed by atoms with E-state index >= 15 is 0 Å². The molecule has 0 fully saturated rings. The smallest absolute Gasteiger partial charge is 0.231 e. The lowest BCUT2D eigenvalue weighted by Crippen LogP contribution is -2.41. The van der Waals surface area contributed by atoms with Crippen LogP contribution in [0.15, 0.2) is 36.4 Å². The number of carbonyl (C=O) groups is 1. The van der Waals surface area contributed by atoms with E-state index in [-0.39, 0.29) is 57.3 Å². The Morgan fingerprint density at radius 1 is 1.21 bits per heavy atom. The molecule has 0 spiro atoms. The molecule has 0 bridgehead atoms. The normalized spacial score (nSPS) is 19.0. The Morgan fingerprint density at radius 3 is 2.58 bits per heavy atom. The number of hydrogen-bond acceptors (Lipinski definition) is 6. The Morgan fingerprint density at radius 2 is 1.94 bits per heavy atom. The van der Waals surface area contributed by atoms with Gasteiger partial charge in [-0.05, 0) is 31.2 Å². The number of primary amides is 1. The van der Waals surface area contributed by atoms with Gasteiger partial charge < -0.3 is 21.3 Å². The van der Waals surface area contributed by atoms with E-state index in [9.17, 15) is 18.7 Å². The number of carbonyl (C=O) groups excluding carboxylic acids is 1. The Labute approximate surface area is 197 Å². The Balaban J connectivity index is 2.06. The second-order valence-electron chi connectivity index (χ2n) is 7.87. The van der Waals surface area contributed by atoms with Crippen LogP contribution in [0.2, 0.25) is 10.2 Å². The summed E-state index contributed by atoms with van der Waals surface area (Å²) in [5, 5.41) is 11.3. The quantitative estimate of drug-likeness (QED) is 0.369. The van der Waals surface area contributed by atoms with Crippen LogP contribution in [0, 0.1) is 11.6 Å². The lowest BCUT2D eigenvalue weighted by Gasteiger charge is -2.28. The summed E-state index contributed by atoms with van der Waals surface area (Å²) in [6, 6.07) is 7.63. The third-order valence-electron chi connectivity index (χ3n) is 5.74. The molecule has 4 rings (SSSR count). The standard InChI is InChI=1S/C22H18Cl2F2N4O3/c1-21(20(28)31)9-33-19-11(21)6-16(22(32,8-27)15-3-2-4-17(24)29-15)30-18(19)10-5-12(23)14(26)7-13(10)25/h2-7,32H,8-9,27H2,1H3,(H2,28,31)/t21-,22+/m0/s1. The molecule has 0 saturated heterocycles. The molecule has 1 aliphatic rings. The SMILES string of the molecule is C[C@]1(C(N)=O)COc2c1cc([C@@](O)(CN)c1cccc(Cl)n1)nc2-c1cc(Cl)c(F)cc1F. The van der Waals surface area contributed by atoms with E-state index in [4.69, 9.17) is 39.4 Å². The summed E-state index contributed by atoms with van der Waals surface area (Å²) in [7, 11) is 0. The number of benzene rings is 1. The molecule has 1 amide bonds. The van der Waals surface area contributed by atoms with E-state index < -0.39 is 28.6 Å². The largest absolute Gasteiger partial charge is 0.489 e. The number of ether oxygens (including phenoxy) is 1. The molecule has 172 valence electrons. The lowest BCUT2D eigenvalue weighted by molar-refractivity contribution is -0.123. The first kappa shape index (κ1) is 23.3. The predicted molar refractivity (Wildman–Crippen MR) is 118 cm³/mol. The lowest BCUT2D eigenvalue weighted by atomic mass is 9.81. The maximum Gasteiger partial charge on any atom is 0.231 e. The molecule has 7 nitrogen and oxygen atoms in total. The Bertz CT molecular complexity index is 1290. The molecule has 2 aromatic heterocycles. The van der Waals surface area contributed by atoms with Gasteiger partial charge in [0.25, 0.3) is 0 Å². The highest BCUT2D eigenvalue weighted by atomic mass is 35.5. The third kappa shape index (κ3) is 3.71. The van der Waals surface area contributed by atoms with Gasteiger partial charge in [-0.15, -0.1) is 0 Å². The minimum absolute atomic E-state index is 0.0556. The monoisotopic (exact) mass is 494 g/mol. The van der Waals surface area contributed by atoms with Crippen molar-refractivity contribution in [1.82, 2.24) is 9.97 Å². The van der Waals surface area contributed by atoms with Crippen LogP contribution >= 0.6 is 23.2 Å². The van der Waals surface area contributed by atoms with E-state index in [2.05, 4.69) is 9.97 Å². The fourth-order valence-electron chi connectivity index (χ4n) is 3.66. The molecule has 1 aliphatic heterocycles. The number of pyridine rings is 2. The van der Waals surface area contributed by atoms with Crippen LogP contribution in [0.3, 0.4) is 0 Å². The van der Waals surface area contributed by atoms with E-state index in [1.807, 2.05) is 0 Å². The number of halogens is 4. The highest BCUT2D eigenvalue weighted by Crippen LogP contribution is 2.47. The summed E-state index contributed by atoms with van der Waals surface area (Å²) in [6.07, 6.45) is 0. The number of amides is 1. The van der Waals surface area contributed by atoms with Crippen molar-refractivity contribution in [3.8, 4) is 17.0 Å². The first-order valence-corrected chi connectivity index (χ1v) is 10.5. The molecule has 33 heavy (non-hydrogen) atoms. The first-order chi connectivity index (χ1) is 15.5. The fourth-order valence-corrected chi connectivity index (χ4v) is 3.99. The van der Waals surface area contributed by atoms with Crippen LogP contribution in [0.25, 0.3) is 11.3 Å². The highest BCUT2D eigenvalue weighted by Gasteiger charge is 2.46. The summed E-state index contributed by atoms with van der Waals surface area (Å²) in [6.45, 7) is 1.01. The highest BCUT2D eigenvalue weighted by molar-refractivity contribution is 6.31. The number of rotatable bonds is 5. The van der Waals surface area contributed by atoms with Crippen LogP contribution in [0.1, 0.15) is 23.9 Å². The molecule has 11 heteroatoms. The van der Waals surface area contributed by atoms with Crippen molar-refractivity contribution in [2.75, 3.05) is 13.2 Å². The van der Waals surface area contributed by atoms with Gasteiger partial charge in [-0.1, -0.05) is 29.3 Å². The fraction of sp³-hybridized carbons (Fsp3) is 0.227. The maximum atomic E-state index is 14.8. The number of aliphatic hydroxyl groups is 1. The van der Waals surface area contributed by atoms with Crippen LogP contribution in [0.4, 0.5) is 8.78 Å². The van der Waals surface area contributed by atoms with Gasteiger partial charge in [0.15, 0.2) is 5.60 Å². The summed E-state index contributed by atoms with van der Waals surface area (Å²) >= 11 is 11.9. The van der Waals surface area contributed by atoms with E-state index in [1.54, 1.807) is 13.0 Å². The maximum absolute atomic E-state index is 14.8. The Kier molecular flexibility index (Phi) is 5.78. The summed E-state index contributed by atoms with van der Waals surface area (Å²) < 4.78 is 34.3. The number of nitrogens with zero attached hydrogens (tertiary/aromatic N) is 2. The molecule has 0 unspecified atom stereocenters. The van der Waals surface area contributed by atoms with Crippen LogP contribution < -0.4 is 16.2 Å². The van der Waals surface area contributed by atoms with Gasteiger partial charge in [-0.25, -0.2) is 18.7 Å². The van der Waals surface area contributed by atoms with Gasteiger partial charge >= 0.3 is 0 Å². The molecular weight excluding hydrogens is 477 g/mol. The molecule has 3 aromatic rings. The van der Waals surface area contributed by atoms with Crippen molar-refractivity contribution < 1.29 is 23.4 Å². The zero-order chi connectivity index (χ0) is 24.1. The van der Waals surface area contributed by atoms with E-state index in [0.717, 1.165) is 6.07 Å². The minimum atomic E-state index is -1.98. The van der Waals surface area contributed by atoms with E-state index in [0.29, 0.717) is 6.07 Å². The average Bonchev–Trinajstić information content (AvgIpc) is 3.13. The van der Waals surface area contributed by atoms with Crippen LogP contribution in [-0.4, -0.2) is 34.1 Å². The van der Waals surface area contributed by atoms with E-state index in [1.165, 1.54) is 18.2 Å². The zero-order valence-electron chi connectivity index (χ0n) is 17.2. The van der Waals surface area contributed by atoms with Crippen molar-refractivity contribution in [1.29, 1.82) is 0 Å². The van der Waals surface area contributed by atoms with Gasteiger partial charge in [0.1, 0.15) is 40.3 Å². The number of fused-ring (bicyclic) bond motifs is 1. The van der Waals surface area contributed by atoms with Gasteiger partial charge in [-0.3, -0.25) is 4.79 Å². The molecule has 2 atom stereocenters. The van der Waals surface area contributed by atoms with Crippen molar-refractivity contribution >= 4 is 29.1 Å². The zero-order valence-corrected chi connectivity index (χ0v) is 18.7. The van der Waals surface area contributed by atoms with Gasteiger partial charge in [0.05, 0.1) is 16.4 Å². The molecule has 0 radical (unpaired) electrons. The first-order valence-electron chi connectivity index (χ1n) is 9.70. The second kappa shape index (κ2) is 8.18. The molecule has 0 aliphatic carbocycles. The third-order valence-corrected chi connectivity index (χ3v) is 6.24. The molecule has 3 heterocycles. The summed E-state index contributed by atoms with van der Waals surface area (Å²) in [5.41, 5.74) is 8.20. The van der Waals surface area contributed by atoms with Gasteiger partial charge in [0, 0.05) is 23.7 Å². The molecule has 0 saturated carbocycles. The average molecular weight is 495 g/mol. The van der Waals surface area contributed by atoms with Gasteiger partial charge in [0.2, 0.25) is 5.91 Å².